The lowest BCUT2D eigenvalue weighted by Crippen LogP contribution is -2.45. The first-order valence-corrected chi connectivity index (χ1v) is 8.08. The van der Waals surface area contributed by atoms with E-state index in [9.17, 15) is 0 Å². The molecule has 1 aliphatic heterocycles. The van der Waals surface area contributed by atoms with Crippen LogP contribution >= 0.6 is 0 Å². The van der Waals surface area contributed by atoms with Gasteiger partial charge in [0.25, 0.3) is 0 Å². The fourth-order valence-corrected chi connectivity index (χ4v) is 2.84. The molecule has 3 rings (SSSR count). The monoisotopic (exact) mass is 316 g/mol. The van der Waals surface area contributed by atoms with Crippen LogP contribution < -0.4 is 0 Å². The lowest BCUT2D eigenvalue weighted by molar-refractivity contribution is 0.117. The van der Waals surface area contributed by atoms with Gasteiger partial charge in [-0.2, -0.15) is 0 Å². The second-order valence-corrected chi connectivity index (χ2v) is 5.85. The maximum absolute atomic E-state index is 5.09. The highest BCUT2D eigenvalue weighted by molar-refractivity contribution is 5.14. The maximum Gasteiger partial charge on any atom is 0.165 e. The number of benzene rings is 1. The molecule has 0 spiro atoms. The topological polar surface area (TPSA) is 59.3 Å². The molecule has 2 aromatic rings. The Morgan fingerprint density at radius 2 is 1.70 bits per heavy atom. The van der Waals surface area contributed by atoms with Crippen LogP contribution in [0.3, 0.4) is 0 Å². The van der Waals surface area contributed by atoms with Crippen molar-refractivity contribution < 1.29 is 4.74 Å². The second-order valence-electron chi connectivity index (χ2n) is 5.85. The van der Waals surface area contributed by atoms with Crippen LogP contribution in [0.15, 0.2) is 30.3 Å². The van der Waals surface area contributed by atoms with E-state index in [1.165, 1.54) is 5.56 Å². The summed E-state index contributed by atoms with van der Waals surface area (Å²) in [5, 5.41) is 12.0. The number of rotatable bonds is 7. The Balaban J connectivity index is 1.47. The van der Waals surface area contributed by atoms with Crippen LogP contribution in [0.2, 0.25) is 0 Å². The molecule has 0 atom stereocenters. The minimum Gasteiger partial charge on any atom is -0.383 e. The molecule has 2 heterocycles. The largest absolute Gasteiger partial charge is 0.383 e. The van der Waals surface area contributed by atoms with Crippen molar-refractivity contribution in [1.29, 1.82) is 0 Å². The lowest BCUT2D eigenvalue weighted by atomic mass is 10.2. The Kier molecular flexibility index (Phi) is 5.68. The predicted octanol–water partition coefficient (Wildman–Crippen LogP) is 0.637. The third-order valence-electron chi connectivity index (χ3n) is 4.19. The normalized spacial score (nSPS) is 16.7. The SMILES string of the molecule is COCCn1nnnc1CN1CCN(Cc2ccccc2)CC1. The summed E-state index contributed by atoms with van der Waals surface area (Å²) in [5.74, 6) is 0.915. The molecule has 0 saturated carbocycles. The summed E-state index contributed by atoms with van der Waals surface area (Å²) in [6, 6.07) is 10.7. The van der Waals surface area contributed by atoms with Gasteiger partial charge in [-0.25, -0.2) is 4.68 Å². The molecule has 1 aliphatic rings. The van der Waals surface area contributed by atoms with Gasteiger partial charge in [-0.3, -0.25) is 9.80 Å². The van der Waals surface area contributed by atoms with E-state index in [2.05, 4.69) is 55.7 Å². The standard InChI is InChI=1S/C16H24N6O/c1-23-12-11-22-16(17-18-19-22)14-21-9-7-20(8-10-21)13-15-5-3-2-4-6-15/h2-6H,7-14H2,1H3. The first-order valence-electron chi connectivity index (χ1n) is 8.08. The van der Waals surface area contributed by atoms with Gasteiger partial charge < -0.3 is 4.74 Å². The number of ether oxygens (including phenoxy) is 1. The summed E-state index contributed by atoms with van der Waals surface area (Å²) in [6.07, 6.45) is 0. The van der Waals surface area contributed by atoms with Gasteiger partial charge in [0.2, 0.25) is 0 Å². The summed E-state index contributed by atoms with van der Waals surface area (Å²) in [5.41, 5.74) is 1.38. The van der Waals surface area contributed by atoms with Crippen LogP contribution in [0.4, 0.5) is 0 Å². The van der Waals surface area contributed by atoms with E-state index in [-0.39, 0.29) is 0 Å². The molecule has 1 fully saturated rings. The Bertz CT molecular complexity index is 579. The van der Waals surface area contributed by atoms with Crippen LogP contribution in [0.5, 0.6) is 0 Å². The molecule has 7 nitrogen and oxygen atoms in total. The molecule has 23 heavy (non-hydrogen) atoms. The van der Waals surface area contributed by atoms with Gasteiger partial charge in [-0.1, -0.05) is 30.3 Å². The van der Waals surface area contributed by atoms with Crippen LogP contribution in [0.1, 0.15) is 11.4 Å². The molecule has 0 aliphatic carbocycles. The Hall–Kier alpha value is -1.83. The molecule has 124 valence electrons. The van der Waals surface area contributed by atoms with Crippen LogP contribution in [-0.4, -0.2) is 69.9 Å². The molecule has 1 aromatic carbocycles. The van der Waals surface area contributed by atoms with E-state index in [1.54, 1.807) is 7.11 Å². The minimum atomic E-state index is 0.628. The Labute approximate surface area is 136 Å². The Morgan fingerprint density at radius 1 is 1.00 bits per heavy atom. The van der Waals surface area contributed by atoms with E-state index in [1.807, 2.05) is 4.68 Å². The van der Waals surface area contributed by atoms with Crippen LogP contribution in [-0.2, 0) is 24.4 Å². The smallest absolute Gasteiger partial charge is 0.165 e. The highest BCUT2D eigenvalue weighted by Crippen LogP contribution is 2.10. The quantitative estimate of drug-likeness (QED) is 0.747. The number of aromatic nitrogens is 4. The first kappa shape index (κ1) is 16.0. The fraction of sp³-hybridized carbons (Fsp3) is 0.562. The average Bonchev–Trinajstić information content (AvgIpc) is 3.03. The van der Waals surface area contributed by atoms with Crippen molar-refractivity contribution in [1.82, 2.24) is 30.0 Å². The zero-order chi connectivity index (χ0) is 15.9. The van der Waals surface area contributed by atoms with Crippen molar-refractivity contribution in [2.45, 2.75) is 19.6 Å². The van der Waals surface area contributed by atoms with Gasteiger partial charge in [0.15, 0.2) is 5.82 Å². The number of hydrogen-bond donors (Lipinski definition) is 0. The van der Waals surface area contributed by atoms with Crippen LogP contribution in [0.25, 0.3) is 0 Å². The summed E-state index contributed by atoms with van der Waals surface area (Å²) in [6.45, 7) is 7.41. The molecule has 0 bridgehead atoms. The van der Waals surface area contributed by atoms with E-state index >= 15 is 0 Å². The van der Waals surface area contributed by atoms with E-state index in [0.29, 0.717) is 13.2 Å². The maximum atomic E-state index is 5.09. The van der Waals surface area contributed by atoms with Gasteiger partial charge in [-0.15, -0.1) is 5.10 Å². The summed E-state index contributed by atoms with van der Waals surface area (Å²) < 4.78 is 6.93. The molecule has 0 radical (unpaired) electrons. The second kappa shape index (κ2) is 8.14. The van der Waals surface area contributed by atoms with Gasteiger partial charge >= 0.3 is 0 Å². The molecule has 7 heteroatoms. The van der Waals surface area contributed by atoms with E-state index in [0.717, 1.165) is 45.1 Å². The van der Waals surface area contributed by atoms with Gasteiger partial charge in [0.05, 0.1) is 19.7 Å². The zero-order valence-corrected chi connectivity index (χ0v) is 13.6. The van der Waals surface area contributed by atoms with Crippen molar-refractivity contribution in [3.8, 4) is 0 Å². The third-order valence-corrected chi connectivity index (χ3v) is 4.19. The highest BCUT2D eigenvalue weighted by Gasteiger charge is 2.19. The minimum absolute atomic E-state index is 0.628. The number of tetrazole rings is 1. The number of nitrogens with zero attached hydrogens (tertiary/aromatic N) is 6. The van der Waals surface area contributed by atoms with Crippen molar-refractivity contribution >= 4 is 0 Å². The number of piperazine rings is 1. The van der Waals surface area contributed by atoms with Gasteiger partial charge in [0.1, 0.15) is 0 Å². The molecule has 0 unspecified atom stereocenters. The average molecular weight is 316 g/mol. The van der Waals surface area contributed by atoms with Gasteiger partial charge in [-0.05, 0) is 16.0 Å². The lowest BCUT2D eigenvalue weighted by Gasteiger charge is -2.34. The number of hydrogen-bond acceptors (Lipinski definition) is 6. The molecule has 1 aromatic heterocycles. The summed E-state index contributed by atoms with van der Waals surface area (Å²) in [7, 11) is 1.69. The summed E-state index contributed by atoms with van der Waals surface area (Å²) >= 11 is 0. The van der Waals surface area contributed by atoms with Crippen molar-refractivity contribution in [2.75, 3.05) is 39.9 Å². The molecule has 0 amide bonds. The van der Waals surface area contributed by atoms with Gasteiger partial charge in [0, 0.05) is 39.8 Å². The van der Waals surface area contributed by atoms with Crippen LogP contribution in [0, 0.1) is 0 Å². The summed E-state index contributed by atoms with van der Waals surface area (Å²) in [4.78, 5) is 4.91. The molecular weight excluding hydrogens is 292 g/mol. The fourth-order valence-electron chi connectivity index (χ4n) is 2.84. The molecule has 0 N–H and O–H groups in total. The van der Waals surface area contributed by atoms with E-state index in [4.69, 9.17) is 4.74 Å². The first-order chi connectivity index (χ1) is 11.3. The van der Waals surface area contributed by atoms with E-state index < -0.39 is 0 Å². The third kappa shape index (κ3) is 4.57. The van der Waals surface area contributed by atoms with Crippen molar-refractivity contribution in [2.24, 2.45) is 0 Å². The predicted molar refractivity (Wildman–Crippen MR) is 86.7 cm³/mol. The zero-order valence-electron chi connectivity index (χ0n) is 13.6. The molecule has 1 saturated heterocycles. The number of methoxy groups -OCH3 is 1. The highest BCUT2D eigenvalue weighted by atomic mass is 16.5. The molecular formula is C16H24N6O. The van der Waals surface area contributed by atoms with Crippen molar-refractivity contribution in [3.05, 3.63) is 41.7 Å². The Morgan fingerprint density at radius 3 is 2.39 bits per heavy atom. The van der Waals surface area contributed by atoms with Crippen molar-refractivity contribution in [3.63, 3.8) is 0 Å².